The Morgan fingerprint density at radius 2 is 0.926 bits per heavy atom. The van der Waals surface area contributed by atoms with Crippen LogP contribution in [0.2, 0.25) is 0 Å². The smallest absolute Gasteiger partial charge is 0.374 e. The van der Waals surface area contributed by atoms with Crippen molar-refractivity contribution in [1.82, 2.24) is 0 Å². The molecule has 0 amide bonds. The summed E-state index contributed by atoms with van der Waals surface area (Å²) < 4.78 is 35.8. The Kier molecular flexibility index (Phi) is 11.6. The van der Waals surface area contributed by atoms with E-state index in [2.05, 4.69) is 12.1 Å². The van der Waals surface area contributed by atoms with Crippen LogP contribution in [0, 0.1) is 0 Å². The lowest BCUT2D eigenvalue weighted by Crippen LogP contribution is -2.57. The van der Waals surface area contributed by atoms with E-state index in [1.165, 1.54) is 0 Å². The number of rotatable bonds is 15. The standard InChI is InChI=1S/C19H36O6Si2/c1-7-20-26(21-8-2,22-9-3)17-18-13-15-19(16-14-18)27(23-10-4,24-11-5)25-12-6/h13-16H,7-12,17H2,1-6H3. The maximum absolute atomic E-state index is 5.98. The second-order valence-corrected chi connectivity index (χ2v) is 10.9. The third-order valence-corrected chi connectivity index (χ3v) is 9.90. The molecule has 0 aromatic heterocycles. The van der Waals surface area contributed by atoms with E-state index in [0.717, 1.165) is 10.8 Å². The number of hydrogen-bond acceptors (Lipinski definition) is 6. The van der Waals surface area contributed by atoms with Crippen LogP contribution in [-0.2, 0) is 32.6 Å². The Morgan fingerprint density at radius 1 is 0.556 bits per heavy atom. The largest absolute Gasteiger partial charge is 0.537 e. The number of hydrogen-bond donors (Lipinski definition) is 0. The van der Waals surface area contributed by atoms with Crippen molar-refractivity contribution >= 4 is 22.8 Å². The van der Waals surface area contributed by atoms with Gasteiger partial charge in [0.1, 0.15) is 0 Å². The van der Waals surface area contributed by atoms with Gasteiger partial charge in [0, 0.05) is 50.9 Å². The first-order valence-electron chi connectivity index (χ1n) is 9.98. The van der Waals surface area contributed by atoms with Gasteiger partial charge in [0.05, 0.1) is 0 Å². The highest BCUT2D eigenvalue weighted by Crippen LogP contribution is 2.18. The molecule has 27 heavy (non-hydrogen) atoms. The summed E-state index contributed by atoms with van der Waals surface area (Å²) >= 11 is 0. The highest BCUT2D eigenvalue weighted by atomic mass is 28.4. The SMILES string of the molecule is CCO[Si](Cc1ccc([Si](OCC)(OCC)OCC)cc1)(OCC)OCC. The van der Waals surface area contributed by atoms with E-state index in [9.17, 15) is 0 Å². The molecule has 0 fully saturated rings. The summed E-state index contributed by atoms with van der Waals surface area (Å²) in [6.07, 6.45) is 0. The van der Waals surface area contributed by atoms with Crippen molar-refractivity contribution in [3.63, 3.8) is 0 Å². The fourth-order valence-electron chi connectivity index (χ4n) is 2.96. The van der Waals surface area contributed by atoms with Crippen molar-refractivity contribution in [3.05, 3.63) is 29.8 Å². The summed E-state index contributed by atoms with van der Waals surface area (Å²) in [5.41, 5.74) is 1.10. The second-order valence-electron chi connectivity index (χ2n) is 5.71. The molecule has 0 unspecified atom stereocenters. The molecule has 0 aliphatic rings. The van der Waals surface area contributed by atoms with E-state index < -0.39 is 17.6 Å². The van der Waals surface area contributed by atoms with Gasteiger partial charge in [-0.25, -0.2) is 0 Å². The molecule has 0 bridgehead atoms. The average molecular weight is 417 g/mol. The van der Waals surface area contributed by atoms with Crippen molar-refractivity contribution in [3.8, 4) is 0 Å². The Hall–Kier alpha value is -0.586. The Labute approximate surface area is 166 Å². The van der Waals surface area contributed by atoms with Gasteiger partial charge < -0.3 is 26.6 Å². The van der Waals surface area contributed by atoms with Crippen molar-refractivity contribution in [2.45, 2.75) is 47.6 Å². The van der Waals surface area contributed by atoms with Gasteiger partial charge in [-0.2, -0.15) is 0 Å². The first kappa shape index (κ1) is 24.5. The molecule has 1 aromatic rings. The minimum atomic E-state index is -2.88. The van der Waals surface area contributed by atoms with Crippen molar-refractivity contribution in [2.24, 2.45) is 0 Å². The predicted molar refractivity (Wildman–Crippen MR) is 111 cm³/mol. The van der Waals surface area contributed by atoms with E-state index in [1.54, 1.807) is 0 Å². The van der Waals surface area contributed by atoms with Crippen molar-refractivity contribution in [2.75, 3.05) is 39.6 Å². The van der Waals surface area contributed by atoms with Crippen LogP contribution in [0.25, 0.3) is 0 Å². The highest BCUT2D eigenvalue weighted by Gasteiger charge is 2.44. The molecular formula is C19H36O6Si2. The first-order valence-corrected chi connectivity index (χ1v) is 13.6. The molecule has 0 heterocycles. The maximum atomic E-state index is 5.98. The van der Waals surface area contributed by atoms with Crippen LogP contribution in [-0.4, -0.2) is 57.3 Å². The molecule has 0 saturated carbocycles. The fraction of sp³-hybridized carbons (Fsp3) is 0.684. The van der Waals surface area contributed by atoms with E-state index in [-0.39, 0.29) is 0 Å². The Balaban J connectivity index is 3.09. The van der Waals surface area contributed by atoms with Crippen LogP contribution in [0.5, 0.6) is 0 Å². The third kappa shape index (κ3) is 7.06. The van der Waals surface area contributed by atoms with Gasteiger partial charge in [-0.3, -0.25) is 0 Å². The minimum Gasteiger partial charge on any atom is -0.374 e. The molecule has 156 valence electrons. The van der Waals surface area contributed by atoms with E-state index >= 15 is 0 Å². The van der Waals surface area contributed by atoms with E-state index in [0.29, 0.717) is 45.7 Å². The molecule has 0 saturated heterocycles. The maximum Gasteiger partial charge on any atom is 0.537 e. The number of benzene rings is 1. The zero-order valence-electron chi connectivity index (χ0n) is 17.7. The molecule has 6 nitrogen and oxygen atoms in total. The van der Waals surface area contributed by atoms with Crippen LogP contribution < -0.4 is 5.19 Å². The average Bonchev–Trinajstić information content (AvgIpc) is 2.63. The molecule has 1 rings (SSSR count). The molecule has 1 aromatic carbocycles. The lowest BCUT2D eigenvalue weighted by atomic mass is 10.2. The van der Waals surface area contributed by atoms with Crippen LogP contribution in [0.1, 0.15) is 47.1 Å². The third-order valence-electron chi connectivity index (χ3n) is 3.82. The molecule has 0 N–H and O–H groups in total. The van der Waals surface area contributed by atoms with Gasteiger partial charge in [-0.15, -0.1) is 0 Å². The zero-order valence-corrected chi connectivity index (χ0v) is 19.7. The lowest BCUT2D eigenvalue weighted by molar-refractivity contribution is 0.0704. The molecule has 0 atom stereocenters. The molecule has 0 spiro atoms. The first-order chi connectivity index (χ1) is 13.0. The minimum absolute atomic E-state index is 0.545. The Bertz CT molecular complexity index is 477. The molecular weight excluding hydrogens is 380 g/mol. The van der Waals surface area contributed by atoms with Gasteiger partial charge in [0.15, 0.2) is 0 Å². The van der Waals surface area contributed by atoms with Crippen molar-refractivity contribution < 1.29 is 26.6 Å². The lowest BCUT2D eigenvalue weighted by Gasteiger charge is -2.30. The van der Waals surface area contributed by atoms with Gasteiger partial charge in [0.2, 0.25) is 0 Å². The summed E-state index contributed by atoms with van der Waals surface area (Å²) in [5, 5.41) is 0.966. The quantitative estimate of drug-likeness (QED) is 0.410. The van der Waals surface area contributed by atoms with Gasteiger partial charge in [-0.05, 0) is 47.1 Å². The molecule has 8 heteroatoms. The summed E-state index contributed by atoms with van der Waals surface area (Å²) in [5.74, 6) is 0. The summed E-state index contributed by atoms with van der Waals surface area (Å²) in [6, 6.07) is 8.83. The van der Waals surface area contributed by atoms with Crippen LogP contribution in [0.3, 0.4) is 0 Å². The van der Waals surface area contributed by atoms with Gasteiger partial charge in [0.25, 0.3) is 0 Å². The van der Waals surface area contributed by atoms with Crippen LogP contribution in [0.15, 0.2) is 24.3 Å². The second kappa shape index (κ2) is 12.8. The van der Waals surface area contributed by atoms with Gasteiger partial charge in [-0.1, -0.05) is 24.3 Å². The topological polar surface area (TPSA) is 55.4 Å². The summed E-state index contributed by atoms with van der Waals surface area (Å²) in [4.78, 5) is 0. The fourth-order valence-corrected chi connectivity index (χ4v) is 8.04. The van der Waals surface area contributed by atoms with Crippen LogP contribution in [0.4, 0.5) is 0 Å². The van der Waals surface area contributed by atoms with Gasteiger partial charge >= 0.3 is 17.6 Å². The molecule has 0 aliphatic heterocycles. The monoisotopic (exact) mass is 416 g/mol. The molecule has 0 aliphatic carbocycles. The van der Waals surface area contributed by atoms with E-state index in [4.69, 9.17) is 26.6 Å². The molecule has 0 radical (unpaired) electrons. The Morgan fingerprint density at radius 3 is 1.26 bits per heavy atom. The van der Waals surface area contributed by atoms with Crippen molar-refractivity contribution in [1.29, 1.82) is 0 Å². The summed E-state index contributed by atoms with van der Waals surface area (Å²) in [7, 11) is -5.61. The summed E-state index contributed by atoms with van der Waals surface area (Å²) in [6.45, 7) is 15.1. The van der Waals surface area contributed by atoms with Crippen LogP contribution >= 0.6 is 0 Å². The predicted octanol–water partition coefficient (Wildman–Crippen LogP) is 3.07. The van der Waals surface area contributed by atoms with E-state index in [1.807, 2.05) is 53.7 Å². The zero-order chi connectivity index (χ0) is 20.2. The normalized spacial score (nSPS) is 12.5. The highest BCUT2D eigenvalue weighted by molar-refractivity contribution is 6.75.